The number of carbonyl (C=O) groups excluding carboxylic acids is 1. The smallest absolute Gasteiger partial charge is 0.184 e. The summed E-state index contributed by atoms with van der Waals surface area (Å²) in [6.07, 6.45) is 2.96. The summed E-state index contributed by atoms with van der Waals surface area (Å²) in [5.41, 5.74) is 0.0296. The Morgan fingerprint density at radius 3 is 2.25 bits per heavy atom. The average Bonchev–Trinajstić information content (AvgIpc) is 1.97. The van der Waals surface area contributed by atoms with E-state index in [1.54, 1.807) is 0 Å². The molecule has 0 amide bonds. The highest BCUT2D eigenvalue weighted by atomic mass is 28.4. The third-order valence-electron chi connectivity index (χ3n) is 3.07. The molecular formula is C13H26O2Si. The van der Waals surface area contributed by atoms with E-state index in [9.17, 15) is 4.79 Å². The molecule has 0 aromatic heterocycles. The number of rotatable bonds is 2. The average molecular weight is 242 g/mol. The summed E-state index contributed by atoms with van der Waals surface area (Å²) < 4.78 is 6.21. The zero-order valence-electron chi connectivity index (χ0n) is 11.6. The van der Waals surface area contributed by atoms with E-state index < -0.39 is 8.32 Å². The molecule has 2 atom stereocenters. The molecule has 1 aliphatic carbocycles. The van der Waals surface area contributed by atoms with Crippen molar-refractivity contribution in [1.29, 1.82) is 0 Å². The summed E-state index contributed by atoms with van der Waals surface area (Å²) >= 11 is 0. The van der Waals surface area contributed by atoms with Crippen molar-refractivity contribution >= 4 is 14.1 Å². The fourth-order valence-corrected chi connectivity index (χ4v) is 3.79. The minimum absolute atomic E-state index is 0.0296. The van der Waals surface area contributed by atoms with Gasteiger partial charge in [-0.1, -0.05) is 20.8 Å². The fraction of sp³-hybridized carbons (Fsp3) is 0.923. The van der Waals surface area contributed by atoms with Gasteiger partial charge < -0.3 is 4.43 Å². The zero-order valence-corrected chi connectivity index (χ0v) is 12.6. The third-order valence-corrected chi connectivity index (χ3v) is 4.08. The predicted molar refractivity (Wildman–Crippen MR) is 70.0 cm³/mol. The largest absolute Gasteiger partial charge is 0.414 e. The van der Waals surface area contributed by atoms with Crippen LogP contribution in [0.2, 0.25) is 19.6 Å². The number of hydrogen-bond acceptors (Lipinski definition) is 2. The fourth-order valence-electron chi connectivity index (χ4n) is 2.63. The van der Waals surface area contributed by atoms with Crippen LogP contribution in [0.15, 0.2) is 0 Å². The SMILES string of the molecule is CC(C)(C)[C@@H]1C(=O)CCC[C@@H]1O[Si](C)(C)C. The van der Waals surface area contributed by atoms with E-state index in [4.69, 9.17) is 4.43 Å². The van der Waals surface area contributed by atoms with Crippen molar-refractivity contribution in [2.45, 2.75) is 65.8 Å². The Balaban J connectivity index is 2.84. The van der Waals surface area contributed by atoms with Gasteiger partial charge in [0.15, 0.2) is 8.32 Å². The molecule has 0 N–H and O–H groups in total. The molecule has 0 bridgehead atoms. The normalized spacial score (nSPS) is 28.2. The predicted octanol–water partition coefficient (Wildman–Crippen LogP) is 3.62. The minimum atomic E-state index is -1.55. The summed E-state index contributed by atoms with van der Waals surface area (Å²) in [6.45, 7) is 13.1. The van der Waals surface area contributed by atoms with Crippen molar-refractivity contribution < 1.29 is 9.22 Å². The van der Waals surface area contributed by atoms with Crippen molar-refractivity contribution in [2.24, 2.45) is 11.3 Å². The maximum atomic E-state index is 12.1. The second-order valence-corrected chi connectivity index (χ2v) is 11.4. The lowest BCUT2D eigenvalue weighted by Gasteiger charge is -2.41. The van der Waals surface area contributed by atoms with Gasteiger partial charge in [0, 0.05) is 12.3 Å². The highest BCUT2D eigenvalue weighted by Gasteiger charge is 2.41. The van der Waals surface area contributed by atoms with Crippen LogP contribution in [0.1, 0.15) is 40.0 Å². The van der Waals surface area contributed by atoms with E-state index in [1.807, 2.05) is 0 Å². The number of Topliss-reactive ketones (excluding diaryl/α,β-unsaturated/α-hetero) is 1. The van der Waals surface area contributed by atoms with Gasteiger partial charge in [-0.2, -0.15) is 0 Å². The van der Waals surface area contributed by atoms with Gasteiger partial charge in [0.1, 0.15) is 5.78 Å². The molecule has 0 spiro atoms. The number of ketones is 1. The molecule has 94 valence electrons. The van der Waals surface area contributed by atoms with Crippen LogP contribution in [0.3, 0.4) is 0 Å². The van der Waals surface area contributed by atoms with Crippen molar-refractivity contribution in [3.8, 4) is 0 Å². The first kappa shape index (κ1) is 13.9. The van der Waals surface area contributed by atoms with Crippen LogP contribution in [0, 0.1) is 11.3 Å². The van der Waals surface area contributed by atoms with Gasteiger partial charge >= 0.3 is 0 Å². The van der Waals surface area contributed by atoms with Crippen molar-refractivity contribution in [2.75, 3.05) is 0 Å². The minimum Gasteiger partial charge on any atom is -0.414 e. The van der Waals surface area contributed by atoms with Gasteiger partial charge in [-0.05, 0) is 37.9 Å². The van der Waals surface area contributed by atoms with Gasteiger partial charge in [-0.3, -0.25) is 4.79 Å². The molecule has 0 aromatic rings. The molecule has 0 radical (unpaired) electrons. The monoisotopic (exact) mass is 242 g/mol. The Hall–Kier alpha value is -0.153. The van der Waals surface area contributed by atoms with Gasteiger partial charge in [-0.15, -0.1) is 0 Å². The van der Waals surface area contributed by atoms with Gasteiger partial charge in [-0.25, -0.2) is 0 Å². The summed E-state index contributed by atoms with van der Waals surface area (Å²) in [4.78, 5) is 12.1. The Morgan fingerprint density at radius 2 is 1.81 bits per heavy atom. The van der Waals surface area contributed by atoms with E-state index in [0.717, 1.165) is 19.3 Å². The maximum Gasteiger partial charge on any atom is 0.184 e. The summed E-state index contributed by atoms with van der Waals surface area (Å²) in [5.74, 6) is 0.495. The molecule has 1 saturated carbocycles. The van der Waals surface area contributed by atoms with E-state index >= 15 is 0 Å². The first-order valence-electron chi connectivity index (χ1n) is 6.32. The van der Waals surface area contributed by atoms with E-state index in [0.29, 0.717) is 5.78 Å². The van der Waals surface area contributed by atoms with Crippen LogP contribution in [0.4, 0.5) is 0 Å². The molecule has 0 aliphatic heterocycles. The Bertz CT molecular complexity index is 260. The highest BCUT2D eigenvalue weighted by Crippen LogP contribution is 2.38. The van der Waals surface area contributed by atoms with Gasteiger partial charge in [0.2, 0.25) is 0 Å². The molecule has 3 heteroatoms. The lowest BCUT2D eigenvalue weighted by Crippen LogP contribution is -2.46. The second-order valence-electron chi connectivity index (χ2n) is 6.97. The van der Waals surface area contributed by atoms with Crippen LogP contribution in [0.25, 0.3) is 0 Å². The van der Waals surface area contributed by atoms with Crippen molar-refractivity contribution in [3.05, 3.63) is 0 Å². The van der Waals surface area contributed by atoms with Gasteiger partial charge in [0.05, 0.1) is 6.10 Å². The molecule has 0 aromatic carbocycles. The molecule has 1 aliphatic rings. The lowest BCUT2D eigenvalue weighted by molar-refractivity contribution is -0.133. The Labute approximate surface area is 101 Å². The first-order valence-corrected chi connectivity index (χ1v) is 9.72. The second kappa shape index (κ2) is 4.61. The number of carbonyl (C=O) groups is 1. The first-order chi connectivity index (χ1) is 7.11. The van der Waals surface area contributed by atoms with Crippen molar-refractivity contribution in [3.63, 3.8) is 0 Å². The third kappa shape index (κ3) is 3.70. The molecular weight excluding hydrogens is 216 g/mol. The van der Waals surface area contributed by atoms with Crippen LogP contribution in [-0.4, -0.2) is 20.2 Å². The molecule has 1 fully saturated rings. The van der Waals surface area contributed by atoms with Gasteiger partial charge in [0.25, 0.3) is 0 Å². The summed E-state index contributed by atoms with van der Waals surface area (Å²) in [7, 11) is -1.55. The molecule has 2 nitrogen and oxygen atoms in total. The van der Waals surface area contributed by atoms with E-state index in [-0.39, 0.29) is 17.4 Å². The van der Waals surface area contributed by atoms with Crippen LogP contribution in [0.5, 0.6) is 0 Å². The number of hydrogen-bond donors (Lipinski definition) is 0. The summed E-state index contributed by atoms with van der Waals surface area (Å²) in [6, 6.07) is 0. The summed E-state index contributed by atoms with van der Waals surface area (Å²) in [5, 5.41) is 0. The van der Waals surface area contributed by atoms with E-state index in [2.05, 4.69) is 40.4 Å². The van der Waals surface area contributed by atoms with Crippen LogP contribution >= 0.6 is 0 Å². The molecule has 0 saturated heterocycles. The Kier molecular flexibility index (Phi) is 4.01. The van der Waals surface area contributed by atoms with Crippen LogP contribution < -0.4 is 0 Å². The molecule has 0 heterocycles. The standard InChI is InChI=1S/C13H26O2Si/c1-13(2,3)12-10(14)8-7-9-11(12)15-16(4,5)6/h11-12H,7-9H2,1-6H3/t11-,12+/m0/s1. The maximum absolute atomic E-state index is 12.1. The Morgan fingerprint density at radius 1 is 1.25 bits per heavy atom. The van der Waals surface area contributed by atoms with Crippen LogP contribution in [-0.2, 0) is 9.22 Å². The quantitative estimate of drug-likeness (QED) is 0.691. The highest BCUT2D eigenvalue weighted by molar-refractivity contribution is 6.69. The van der Waals surface area contributed by atoms with Crippen molar-refractivity contribution in [1.82, 2.24) is 0 Å². The molecule has 0 unspecified atom stereocenters. The molecule has 16 heavy (non-hydrogen) atoms. The topological polar surface area (TPSA) is 26.3 Å². The van der Waals surface area contributed by atoms with E-state index in [1.165, 1.54) is 0 Å². The molecule has 1 rings (SSSR count). The zero-order chi connectivity index (χ0) is 12.6. The lowest BCUT2D eigenvalue weighted by atomic mass is 9.70.